The van der Waals surface area contributed by atoms with E-state index in [1.54, 1.807) is 0 Å². The van der Waals surface area contributed by atoms with Gasteiger partial charge in [-0.2, -0.15) is 0 Å². The van der Waals surface area contributed by atoms with Gasteiger partial charge < -0.3 is 44.8 Å². The van der Waals surface area contributed by atoms with E-state index in [2.05, 4.69) is 40.7 Å². The Morgan fingerprint density at radius 2 is 1.57 bits per heavy atom. The lowest BCUT2D eigenvalue weighted by atomic mass is 9.33. The maximum absolute atomic E-state index is 14.4. The number of esters is 2. The van der Waals surface area contributed by atoms with Gasteiger partial charge >= 0.3 is 11.9 Å². The highest BCUT2D eigenvalue weighted by atomic mass is 16.7. The normalized spacial score (nSPS) is 53.5. The van der Waals surface area contributed by atoms with Crippen LogP contribution in [0.4, 0.5) is 0 Å². The van der Waals surface area contributed by atoms with Crippen molar-refractivity contribution in [2.75, 3.05) is 6.61 Å². The predicted molar refractivity (Wildman–Crippen MR) is 177 cm³/mol. The lowest BCUT2D eigenvalue weighted by Crippen LogP contribution is -2.69. The standard InChI is InChI=1S/C38H60O11/c1-19-11-14-38(32(45)47-18-23-26(40)27(41)28(42)31(44)49-23)16-15-35(6)21(29(38)37(19,8)46)9-10-25-34(5)17-22(48-20(2)39)30(43)33(3,4)24(34)12-13-36(25,35)7/h9,19,22-31,40-44,46H,10-18H2,1-8H3/t19-,22-,23-,24+,25-,26-,27+,28-,29+,30+,31-,34+,35-,36-,37-,38+/m1/s1. The maximum atomic E-state index is 14.4. The quantitative estimate of drug-likeness (QED) is 0.188. The zero-order chi connectivity index (χ0) is 36.3. The van der Waals surface area contributed by atoms with Crippen LogP contribution < -0.4 is 0 Å². The van der Waals surface area contributed by atoms with E-state index in [1.165, 1.54) is 6.92 Å². The number of fused-ring (bicyclic) bond motifs is 7. The van der Waals surface area contributed by atoms with Gasteiger partial charge in [-0.15, -0.1) is 0 Å². The highest BCUT2D eigenvalue weighted by Crippen LogP contribution is 2.76. The molecule has 11 heteroatoms. The number of carbonyl (C=O) groups is 2. The summed E-state index contributed by atoms with van der Waals surface area (Å²) in [5, 5.41) is 64.5. The molecule has 11 nitrogen and oxygen atoms in total. The molecule has 6 rings (SSSR count). The Bertz CT molecular complexity index is 1360. The fourth-order valence-electron chi connectivity index (χ4n) is 12.6. The topological polar surface area (TPSA) is 183 Å². The second-order valence-electron chi connectivity index (χ2n) is 18.3. The summed E-state index contributed by atoms with van der Waals surface area (Å²) in [5.41, 5.74) is -2.41. The second kappa shape index (κ2) is 12.0. The summed E-state index contributed by atoms with van der Waals surface area (Å²) in [6.07, 6.45) is -1.46. The van der Waals surface area contributed by atoms with Crippen LogP contribution in [0.25, 0.3) is 0 Å². The highest BCUT2D eigenvalue weighted by Gasteiger charge is 2.72. The van der Waals surface area contributed by atoms with Crippen molar-refractivity contribution in [1.82, 2.24) is 0 Å². The summed E-state index contributed by atoms with van der Waals surface area (Å²) < 4.78 is 17.0. The largest absolute Gasteiger partial charge is 0.462 e. The number of carbonyl (C=O) groups excluding carboxylic acids is 2. The van der Waals surface area contributed by atoms with Gasteiger partial charge in [0.2, 0.25) is 0 Å². The van der Waals surface area contributed by atoms with Gasteiger partial charge in [0.1, 0.15) is 37.1 Å². The molecule has 0 amide bonds. The van der Waals surface area contributed by atoms with Crippen LogP contribution in [0.1, 0.15) is 107 Å². The van der Waals surface area contributed by atoms with Crippen LogP contribution >= 0.6 is 0 Å². The molecule has 5 fully saturated rings. The van der Waals surface area contributed by atoms with Gasteiger partial charge in [0, 0.05) is 12.8 Å². The van der Waals surface area contributed by atoms with E-state index in [4.69, 9.17) is 14.2 Å². The molecule has 0 unspecified atom stereocenters. The summed E-state index contributed by atoms with van der Waals surface area (Å²) >= 11 is 0. The fraction of sp³-hybridized carbons (Fsp3) is 0.895. The summed E-state index contributed by atoms with van der Waals surface area (Å²) in [6.45, 7) is 16.1. The Kier molecular flexibility index (Phi) is 9.08. The molecule has 6 aliphatic rings. The van der Waals surface area contributed by atoms with Crippen LogP contribution in [-0.2, 0) is 23.8 Å². The SMILES string of the molecule is CC(=O)O[C@@H]1C[C@]2(C)[C@H]3CC=C4[C@@H]5[C@](C(=O)OC[C@H]6O[C@@H](O)[C@H](O)[C@@H](O)[C@@H]6O)(CC[C@@H](C)[C@@]5(C)O)CC[C@@]4(C)[C@]3(C)CC[C@H]2C(C)(C)[C@H]1O. The average Bonchev–Trinajstić information content (AvgIpc) is 3.01. The third-order valence-electron chi connectivity index (χ3n) is 15.8. The molecule has 1 aliphatic heterocycles. The van der Waals surface area contributed by atoms with Gasteiger partial charge in [0.05, 0.1) is 17.1 Å². The molecule has 0 bridgehead atoms. The Morgan fingerprint density at radius 3 is 2.22 bits per heavy atom. The van der Waals surface area contributed by atoms with E-state index in [1.807, 2.05) is 13.8 Å². The van der Waals surface area contributed by atoms with Gasteiger partial charge in [-0.25, -0.2) is 0 Å². The highest BCUT2D eigenvalue weighted by molar-refractivity contribution is 5.79. The van der Waals surface area contributed by atoms with Gasteiger partial charge in [-0.3, -0.25) is 9.59 Å². The maximum Gasteiger partial charge on any atom is 0.312 e. The molecule has 0 aromatic rings. The Hall–Kier alpha value is -1.60. The molecule has 0 radical (unpaired) electrons. The Morgan fingerprint density at radius 1 is 0.898 bits per heavy atom. The van der Waals surface area contributed by atoms with E-state index < -0.39 is 83.8 Å². The number of ether oxygens (including phenoxy) is 3. The van der Waals surface area contributed by atoms with Crippen molar-refractivity contribution in [3.63, 3.8) is 0 Å². The second-order valence-corrected chi connectivity index (χ2v) is 18.3. The number of hydrogen-bond acceptors (Lipinski definition) is 11. The van der Waals surface area contributed by atoms with E-state index in [0.29, 0.717) is 32.1 Å². The lowest BCUT2D eigenvalue weighted by molar-refractivity contribution is -0.288. The van der Waals surface area contributed by atoms with Crippen LogP contribution in [0.15, 0.2) is 11.6 Å². The first kappa shape index (κ1) is 37.2. The van der Waals surface area contributed by atoms with Gasteiger partial charge in [0.15, 0.2) is 6.29 Å². The van der Waals surface area contributed by atoms with Crippen LogP contribution in [0.5, 0.6) is 0 Å². The molecule has 1 saturated heterocycles. The summed E-state index contributed by atoms with van der Waals surface area (Å²) in [4.78, 5) is 26.6. The first-order chi connectivity index (χ1) is 22.6. The minimum atomic E-state index is -1.74. The van der Waals surface area contributed by atoms with Crippen molar-refractivity contribution in [2.24, 2.45) is 50.7 Å². The Labute approximate surface area is 290 Å². The van der Waals surface area contributed by atoms with E-state index >= 15 is 0 Å². The van der Waals surface area contributed by atoms with Gasteiger partial charge in [-0.05, 0) is 97.7 Å². The molecular weight excluding hydrogens is 632 g/mol. The number of aliphatic hydroxyl groups is 6. The summed E-state index contributed by atoms with van der Waals surface area (Å²) in [7, 11) is 0. The minimum absolute atomic E-state index is 0.0825. The number of aliphatic hydroxyl groups excluding tert-OH is 5. The molecule has 0 aromatic carbocycles. The van der Waals surface area contributed by atoms with E-state index in [-0.39, 0.29) is 34.0 Å². The van der Waals surface area contributed by atoms with Crippen molar-refractivity contribution in [1.29, 1.82) is 0 Å². The molecule has 0 aromatic heterocycles. The molecule has 4 saturated carbocycles. The van der Waals surface area contributed by atoms with E-state index in [0.717, 1.165) is 24.8 Å². The first-order valence-corrected chi connectivity index (χ1v) is 18.4. The molecule has 6 N–H and O–H groups in total. The van der Waals surface area contributed by atoms with Crippen molar-refractivity contribution >= 4 is 11.9 Å². The van der Waals surface area contributed by atoms with E-state index in [9.17, 15) is 40.2 Å². The third kappa shape index (κ3) is 5.14. The zero-order valence-corrected chi connectivity index (χ0v) is 30.5. The molecule has 5 aliphatic carbocycles. The number of hydrogen-bond donors (Lipinski definition) is 6. The average molecular weight is 693 g/mol. The first-order valence-electron chi connectivity index (χ1n) is 18.4. The lowest BCUT2D eigenvalue weighted by Gasteiger charge is -2.72. The fourth-order valence-corrected chi connectivity index (χ4v) is 12.6. The minimum Gasteiger partial charge on any atom is -0.462 e. The number of rotatable bonds is 4. The van der Waals surface area contributed by atoms with Crippen LogP contribution in [0, 0.1) is 50.7 Å². The molecule has 49 heavy (non-hydrogen) atoms. The van der Waals surface area contributed by atoms with Crippen LogP contribution in [0.2, 0.25) is 0 Å². The van der Waals surface area contributed by atoms with Crippen molar-refractivity contribution in [3.8, 4) is 0 Å². The molecule has 16 atom stereocenters. The molecular formula is C38H60O11. The molecule has 278 valence electrons. The smallest absolute Gasteiger partial charge is 0.312 e. The Balaban J connectivity index is 1.36. The van der Waals surface area contributed by atoms with Crippen LogP contribution in [-0.4, -0.2) is 97.7 Å². The van der Waals surface area contributed by atoms with Gasteiger partial charge in [-0.1, -0.05) is 53.2 Å². The monoisotopic (exact) mass is 692 g/mol. The zero-order valence-electron chi connectivity index (χ0n) is 30.5. The van der Waals surface area contributed by atoms with Crippen molar-refractivity contribution < 1.29 is 54.4 Å². The predicted octanol–water partition coefficient (Wildman–Crippen LogP) is 3.00. The summed E-state index contributed by atoms with van der Waals surface area (Å²) in [5.74, 6) is -1.07. The molecule has 1 heterocycles. The molecule has 0 spiro atoms. The van der Waals surface area contributed by atoms with Crippen molar-refractivity contribution in [3.05, 3.63) is 11.6 Å². The number of allylic oxidation sites excluding steroid dienone is 1. The van der Waals surface area contributed by atoms with Gasteiger partial charge in [0.25, 0.3) is 0 Å². The van der Waals surface area contributed by atoms with Crippen molar-refractivity contribution in [2.45, 2.75) is 155 Å². The third-order valence-corrected chi connectivity index (χ3v) is 15.8. The summed E-state index contributed by atoms with van der Waals surface area (Å²) in [6, 6.07) is 0. The van der Waals surface area contributed by atoms with Crippen LogP contribution in [0.3, 0.4) is 0 Å².